The Labute approximate surface area is 140 Å². The highest BCUT2D eigenvalue weighted by Crippen LogP contribution is 2.21. The van der Waals surface area contributed by atoms with Gasteiger partial charge in [0.15, 0.2) is 0 Å². The van der Waals surface area contributed by atoms with Crippen molar-refractivity contribution < 1.29 is 11.3 Å². The van der Waals surface area contributed by atoms with Crippen molar-refractivity contribution in [3.63, 3.8) is 0 Å². The molecule has 0 bridgehead atoms. The molecule has 2 rings (SSSR count). The largest absolute Gasteiger partial charge is 0.508 e. The summed E-state index contributed by atoms with van der Waals surface area (Å²) >= 11 is 0. The summed E-state index contributed by atoms with van der Waals surface area (Å²) in [6.45, 7) is 8.06. The van der Waals surface area contributed by atoms with Crippen molar-refractivity contribution in [2.24, 2.45) is 0 Å². The van der Waals surface area contributed by atoms with Gasteiger partial charge in [-0.15, -0.1) is 0 Å². The second-order valence-corrected chi connectivity index (χ2v) is 5.25. The minimum atomic E-state index is -0.161. The second kappa shape index (κ2) is 9.67. The molecule has 126 valence electrons. The Kier molecular flexibility index (Phi) is 7.89. The number of hydrogen-bond donors (Lipinski definition) is 2. The van der Waals surface area contributed by atoms with Crippen molar-refractivity contribution in [2.45, 2.75) is 47.0 Å². The van der Waals surface area contributed by atoms with Crippen LogP contribution < -0.4 is 5.32 Å². The first kappa shape index (κ1) is 18.8. The summed E-state index contributed by atoms with van der Waals surface area (Å²) in [6, 6.07) is 12.6. The van der Waals surface area contributed by atoms with Crippen LogP contribution in [0.15, 0.2) is 42.5 Å². The third-order valence-corrected chi connectivity index (χ3v) is 3.50. The molecule has 0 heterocycles. The average Bonchev–Trinajstić information content (AvgIpc) is 2.58. The standard InChI is InChI=1S/C18H21NO2.C2H6.H2/c1-3-4-5-14-7-9-15(10-8-14)18(21)19-17-12-16(20)11-6-13(17)2;1-2;/h6-12,20H,3-5H2,1-2H3,(H,19,21);1-2H3;1H. The number of benzene rings is 2. The highest BCUT2D eigenvalue weighted by Gasteiger charge is 2.08. The summed E-state index contributed by atoms with van der Waals surface area (Å²) in [4.78, 5) is 12.2. The fourth-order valence-electron chi connectivity index (χ4n) is 2.14. The summed E-state index contributed by atoms with van der Waals surface area (Å²) in [5, 5.41) is 12.3. The lowest BCUT2D eigenvalue weighted by Gasteiger charge is -2.09. The zero-order valence-electron chi connectivity index (χ0n) is 14.5. The molecular formula is C20H29NO2. The van der Waals surface area contributed by atoms with E-state index in [1.807, 2.05) is 45.0 Å². The van der Waals surface area contributed by atoms with Crippen molar-refractivity contribution in [1.29, 1.82) is 0 Å². The summed E-state index contributed by atoms with van der Waals surface area (Å²) in [5.41, 5.74) is 3.43. The van der Waals surface area contributed by atoms with Crippen molar-refractivity contribution >= 4 is 11.6 Å². The summed E-state index contributed by atoms with van der Waals surface area (Å²) in [5.74, 6) is -0.0171. The first-order valence-electron chi connectivity index (χ1n) is 8.30. The molecule has 23 heavy (non-hydrogen) atoms. The number of rotatable bonds is 5. The van der Waals surface area contributed by atoms with E-state index in [0.717, 1.165) is 18.4 Å². The molecule has 0 saturated heterocycles. The minimum absolute atomic E-state index is 0. The third-order valence-electron chi connectivity index (χ3n) is 3.50. The lowest BCUT2D eigenvalue weighted by Crippen LogP contribution is -2.12. The Hall–Kier alpha value is -2.29. The number of anilines is 1. The monoisotopic (exact) mass is 315 g/mol. The van der Waals surface area contributed by atoms with E-state index in [0.29, 0.717) is 11.3 Å². The van der Waals surface area contributed by atoms with E-state index >= 15 is 0 Å². The summed E-state index contributed by atoms with van der Waals surface area (Å²) < 4.78 is 0. The number of phenols is 1. The Bertz CT molecular complexity index is 624. The number of amides is 1. The SMILES string of the molecule is CC.CCCCc1ccc(C(=O)Nc2cc(O)ccc2C)cc1.[HH]. The van der Waals surface area contributed by atoms with Crippen molar-refractivity contribution in [3.05, 3.63) is 59.2 Å². The van der Waals surface area contributed by atoms with Crippen LogP contribution >= 0.6 is 0 Å². The van der Waals surface area contributed by atoms with E-state index in [4.69, 9.17) is 0 Å². The molecule has 2 aromatic carbocycles. The van der Waals surface area contributed by atoms with Gasteiger partial charge >= 0.3 is 0 Å². The average molecular weight is 315 g/mol. The predicted molar refractivity (Wildman–Crippen MR) is 99.3 cm³/mol. The Morgan fingerprint density at radius 2 is 1.78 bits per heavy atom. The number of carbonyl (C=O) groups excluding carboxylic acids is 1. The molecule has 0 aromatic heterocycles. The minimum Gasteiger partial charge on any atom is -0.508 e. The van der Waals surface area contributed by atoms with Gasteiger partial charge in [-0.3, -0.25) is 4.79 Å². The van der Waals surface area contributed by atoms with Gasteiger partial charge in [-0.05, 0) is 49.1 Å². The number of unbranched alkanes of at least 4 members (excludes halogenated alkanes) is 1. The number of nitrogens with one attached hydrogen (secondary N) is 1. The van der Waals surface area contributed by atoms with Crippen LogP contribution in [-0.2, 0) is 6.42 Å². The topological polar surface area (TPSA) is 49.3 Å². The first-order chi connectivity index (χ1) is 11.1. The Balaban J connectivity index is 0.00000170. The molecule has 0 unspecified atom stereocenters. The van der Waals surface area contributed by atoms with Crippen LogP contribution in [0.1, 0.15) is 56.5 Å². The fraction of sp³-hybridized carbons (Fsp3) is 0.350. The highest BCUT2D eigenvalue weighted by molar-refractivity contribution is 6.04. The van der Waals surface area contributed by atoms with E-state index < -0.39 is 0 Å². The second-order valence-electron chi connectivity index (χ2n) is 5.25. The zero-order chi connectivity index (χ0) is 17.2. The molecule has 2 aromatic rings. The Morgan fingerprint density at radius 1 is 1.13 bits per heavy atom. The summed E-state index contributed by atoms with van der Waals surface area (Å²) in [7, 11) is 0. The predicted octanol–water partition coefficient (Wildman–Crippen LogP) is 5.57. The van der Waals surface area contributed by atoms with Crippen LogP contribution in [0.3, 0.4) is 0 Å². The molecule has 0 atom stereocenters. The van der Waals surface area contributed by atoms with Gasteiger partial charge in [-0.1, -0.05) is 45.4 Å². The van der Waals surface area contributed by atoms with Gasteiger partial charge in [0.2, 0.25) is 0 Å². The van der Waals surface area contributed by atoms with Gasteiger partial charge in [0.1, 0.15) is 5.75 Å². The van der Waals surface area contributed by atoms with Gasteiger partial charge in [0.25, 0.3) is 5.91 Å². The van der Waals surface area contributed by atoms with Crippen LogP contribution in [0.2, 0.25) is 0 Å². The molecule has 3 nitrogen and oxygen atoms in total. The smallest absolute Gasteiger partial charge is 0.255 e. The van der Waals surface area contributed by atoms with Crippen molar-refractivity contribution in [3.8, 4) is 5.75 Å². The van der Waals surface area contributed by atoms with Gasteiger partial charge in [0, 0.05) is 18.7 Å². The van der Waals surface area contributed by atoms with Crippen LogP contribution in [-0.4, -0.2) is 11.0 Å². The van der Waals surface area contributed by atoms with Gasteiger partial charge in [-0.25, -0.2) is 0 Å². The number of aromatic hydroxyl groups is 1. The first-order valence-corrected chi connectivity index (χ1v) is 8.30. The molecule has 0 spiro atoms. The molecular weight excluding hydrogens is 286 g/mol. The zero-order valence-corrected chi connectivity index (χ0v) is 14.5. The van der Waals surface area contributed by atoms with Crippen LogP contribution in [0, 0.1) is 6.92 Å². The maximum Gasteiger partial charge on any atom is 0.255 e. The van der Waals surface area contributed by atoms with Crippen molar-refractivity contribution in [2.75, 3.05) is 5.32 Å². The molecule has 0 aliphatic heterocycles. The molecule has 0 aliphatic rings. The van der Waals surface area contributed by atoms with E-state index in [1.54, 1.807) is 18.2 Å². The fourth-order valence-corrected chi connectivity index (χ4v) is 2.14. The maximum atomic E-state index is 12.2. The lowest BCUT2D eigenvalue weighted by molar-refractivity contribution is 0.102. The molecule has 2 N–H and O–H groups in total. The van der Waals surface area contributed by atoms with Crippen LogP contribution in [0.25, 0.3) is 0 Å². The Morgan fingerprint density at radius 3 is 2.39 bits per heavy atom. The highest BCUT2D eigenvalue weighted by atomic mass is 16.3. The van der Waals surface area contributed by atoms with E-state index in [1.165, 1.54) is 12.0 Å². The lowest BCUT2D eigenvalue weighted by atomic mass is 10.1. The number of carbonyl (C=O) groups is 1. The molecule has 0 radical (unpaired) electrons. The van der Waals surface area contributed by atoms with Gasteiger partial charge in [0.05, 0.1) is 0 Å². The van der Waals surface area contributed by atoms with E-state index in [9.17, 15) is 9.90 Å². The number of phenolic OH excluding ortho intramolecular Hbond substituents is 1. The normalized spacial score (nSPS) is 9.74. The maximum absolute atomic E-state index is 12.2. The summed E-state index contributed by atoms with van der Waals surface area (Å²) in [6.07, 6.45) is 3.37. The van der Waals surface area contributed by atoms with E-state index in [2.05, 4.69) is 12.2 Å². The molecule has 0 fully saturated rings. The van der Waals surface area contributed by atoms with Crippen molar-refractivity contribution in [1.82, 2.24) is 0 Å². The van der Waals surface area contributed by atoms with Crippen LogP contribution in [0.4, 0.5) is 5.69 Å². The van der Waals surface area contributed by atoms with Gasteiger partial charge < -0.3 is 10.4 Å². The number of hydrogen-bond acceptors (Lipinski definition) is 2. The molecule has 0 saturated carbocycles. The third kappa shape index (κ3) is 5.78. The quantitative estimate of drug-likeness (QED) is 0.758. The van der Waals surface area contributed by atoms with E-state index in [-0.39, 0.29) is 13.1 Å². The molecule has 0 aliphatic carbocycles. The molecule has 3 heteroatoms. The van der Waals surface area contributed by atoms with Crippen LogP contribution in [0.5, 0.6) is 5.75 Å². The molecule has 1 amide bonds. The number of aryl methyl sites for hydroxylation is 2. The van der Waals surface area contributed by atoms with Gasteiger partial charge in [-0.2, -0.15) is 0 Å².